The van der Waals surface area contributed by atoms with Crippen molar-refractivity contribution in [1.82, 2.24) is 0 Å². The van der Waals surface area contributed by atoms with Crippen LogP contribution in [0.3, 0.4) is 0 Å². The van der Waals surface area contributed by atoms with Gasteiger partial charge >= 0.3 is 5.69 Å². The minimum atomic E-state index is -0.865. The zero-order valence-electron chi connectivity index (χ0n) is 9.52. The van der Waals surface area contributed by atoms with E-state index in [9.17, 15) is 19.6 Å². The molecule has 1 unspecified atom stereocenters. The van der Waals surface area contributed by atoms with E-state index < -0.39 is 22.5 Å². The molecule has 0 amide bonds. The monoisotopic (exact) mass is 242 g/mol. The maximum atomic E-state index is 13.2. The Labute approximate surface area is 98.4 Å². The summed E-state index contributed by atoms with van der Waals surface area (Å²) in [6.45, 7) is 2.20. The van der Waals surface area contributed by atoms with Gasteiger partial charge in [-0.15, -0.1) is 0 Å². The molecule has 1 rings (SSSR count). The first-order valence-electron chi connectivity index (χ1n) is 5.41. The molecule has 5 nitrogen and oxygen atoms in total. The van der Waals surface area contributed by atoms with Crippen LogP contribution < -0.4 is 5.32 Å². The Hall–Kier alpha value is -1.69. The SMILES string of the molecule is CCC(O)CCNc1cccc(F)c1[N+](=O)[O-]. The topological polar surface area (TPSA) is 75.4 Å². The molecule has 0 bridgehead atoms. The molecular formula is C11H15FN2O3. The van der Waals surface area contributed by atoms with Gasteiger partial charge in [0.05, 0.1) is 11.0 Å². The lowest BCUT2D eigenvalue weighted by Gasteiger charge is -2.10. The Balaban J connectivity index is 2.71. The molecule has 17 heavy (non-hydrogen) atoms. The molecule has 6 heteroatoms. The summed E-state index contributed by atoms with van der Waals surface area (Å²) in [6.07, 6.45) is 0.631. The number of nitro benzene ring substituents is 1. The van der Waals surface area contributed by atoms with Crippen molar-refractivity contribution in [2.45, 2.75) is 25.9 Å². The molecule has 0 heterocycles. The predicted molar refractivity (Wildman–Crippen MR) is 62.5 cm³/mol. The zero-order valence-corrected chi connectivity index (χ0v) is 9.52. The molecule has 2 N–H and O–H groups in total. The molecule has 0 aromatic heterocycles. The maximum absolute atomic E-state index is 13.2. The van der Waals surface area contributed by atoms with Gasteiger partial charge in [-0.25, -0.2) is 0 Å². The van der Waals surface area contributed by atoms with Gasteiger partial charge in [0.15, 0.2) is 0 Å². The van der Waals surface area contributed by atoms with Gasteiger partial charge in [0.2, 0.25) is 5.82 Å². The Morgan fingerprint density at radius 1 is 1.59 bits per heavy atom. The van der Waals surface area contributed by atoms with Gasteiger partial charge in [-0.1, -0.05) is 13.0 Å². The van der Waals surface area contributed by atoms with Gasteiger partial charge in [0, 0.05) is 6.54 Å². The van der Waals surface area contributed by atoms with Crippen molar-refractivity contribution >= 4 is 11.4 Å². The standard InChI is InChI=1S/C11H15FN2O3/c1-2-8(15)6-7-13-10-5-3-4-9(12)11(10)14(16)17/h3-5,8,13,15H,2,6-7H2,1H3. The fourth-order valence-electron chi connectivity index (χ4n) is 1.42. The number of aliphatic hydroxyl groups is 1. The first-order valence-corrected chi connectivity index (χ1v) is 5.41. The molecule has 0 radical (unpaired) electrons. The van der Waals surface area contributed by atoms with Crippen molar-refractivity contribution in [2.24, 2.45) is 0 Å². The molecule has 0 spiro atoms. The summed E-state index contributed by atoms with van der Waals surface area (Å²) in [5.74, 6) is -0.865. The van der Waals surface area contributed by atoms with Crippen molar-refractivity contribution in [2.75, 3.05) is 11.9 Å². The van der Waals surface area contributed by atoms with Crippen molar-refractivity contribution in [3.8, 4) is 0 Å². The lowest BCUT2D eigenvalue weighted by atomic mass is 10.2. The fraction of sp³-hybridized carbons (Fsp3) is 0.455. The van der Waals surface area contributed by atoms with Crippen LogP contribution in [-0.2, 0) is 0 Å². The van der Waals surface area contributed by atoms with E-state index in [0.717, 1.165) is 6.07 Å². The molecule has 0 aliphatic rings. The first-order chi connectivity index (χ1) is 8.06. The van der Waals surface area contributed by atoms with E-state index in [1.165, 1.54) is 12.1 Å². The Morgan fingerprint density at radius 3 is 2.88 bits per heavy atom. The summed E-state index contributed by atoms with van der Waals surface area (Å²) >= 11 is 0. The van der Waals surface area contributed by atoms with Gasteiger partial charge in [0.1, 0.15) is 5.69 Å². The third-order valence-electron chi connectivity index (χ3n) is 2.43. The van der Waals surface area contributed by atoms with E-state index >= 15 is 0 Å². The second-order valence-electron chi connectivity index (χ2n) is 3.67. The quantitative estimate of drug-likeness (QED) is 0.593. The summed E-state index contributed by atoms with van der Waals surface area (Å²) in [6, 6.07) is 3.89. The van der Waals surface area contributed by atoms with E-state index in [0.29, 0.717) is 19.4 Å². The molecule has 0 saturated carbocycles. The van der Waals surface area contributed by atoms with Crippen molar-refractivity contribution in [3.63, 3.8) is 0 Å². The second-order valence-corrected chi connectivity index (χ2v) is 3.67. The molecule has 0 saturated heterocycles. The minimum Gasteiger partial charge on any atom is -0.393 e. The number of hydrogen-bond donors (Lipinski definition) is 2. The summed E-state index contributed by atoms with van der Waals surface area (Å²) in [5, 5.41) is 22.8. The molecule has 1 atom stereocenters. The summed E-state index contributed by atoms with van der Waals surface area (Å²) in [5.41, 5.74) is -0.420. The minimum absolute atomic E-state index is 0.137. The van der Waals surface area contributed by atoms with Crippen LogP contribution >= 0.6 is 0 Å². The van der Waals surface area contributed by atoms with E-state index in [-0.39, 0.29) is 5.69 Å². The van der Waals surface area contributed by atoms with Gasteiger partial charge in [-0.2, -0.15) is 4.39 Å². The Morgan fingerprint density at radius 2 is 2.29 bits per heavy atom. The highest BCUT2D eigenvalue weighted by Crippen LogP contribution is 2.27. The normalized spacial score (nSPS) is 12.2. The first kappa shape index (κ1) is 13.4. The molecular weight excluding hydrogens is 227 g/mol. The summed E-state index contributed by atoms with van der Waals surface area (Å²) in [4.78, 5) is 9.92. The van der Waals surface area contributed by atoms with E-state index in [1.807, 2.05) is 6.92 Å². The highest BCUT2D eigenvalue weighted by Gasteiger charge is 2.19. The van der Waals surface area contributed by atoms with Crippen LogP contribution in [0.5, 0.6) is 0 Å². The number of hydrogen-bond acceptors (Lipinski definition) is 4. The molecule has 0 fully saturated rings. The molecule has 94 valence electrons. The summed E-state index contributed by atoms with van der Waals surface area (Å²) in [7, 11) is 0. The van der Waals surface area contributed by atoms with Crippen LogP contribution in [0.15, 0.2) is 18.2 Å². The van der Waals surface area contributed by atoms with Crippen molar-refractivity contribution < 1.29 is 14.4 Å². The van der Waals surface area contributed by atoms with Crippen LogP contribution in [-0.4, -0.2) is 22.7 Å². The molecule has 0 aliphatic carbocycles. The number of halogens is 1. The number of benzene rings is 1. The van der Waals surface area contributed by atoms with E-state index in [2.05, 4.69) is 5.32 Å². The van der Waals surface area contributed by atoms with Crippen molar-refractivity contribution in [3.05, 3.63) is 34.1 Å². The largest absolute Gasteiger partial charge is 0.393 e. The summed E-state index contributed by atoms with van der Waals surface area (Å²) < 4.78 is 13.2. The fourth-order valence-corrected chi connectivity index (χ4v) is 1.42. The Kier molecular flexibility index (Phi) is 4.84. The number of para-hydroxylation sites is 1. The number of nitrogens with zero attached hydrogens (tertiary/aromatic N) is 1. The molecule has 0 aliphatic heterocycles. The lowest BCUT2D eigenvalue weighted by molar-refractivity contribution is -0.386. The van der Waals surface area contributed by atoms with Gasteiger partial charge in [-0.3, -0.25) is 10.1 Å². The van der Waals surface area contributed by atoms with Gasteiger partial charge in [0.25, 0.3) is 0 Å². The zero-order chi connectivity index (χ0) is 12.8. The van der Waals surface area contributed by atoms with Crippen LogP contribution in [0.4, 0.5) is 15.8 Å². The number of aliphatic hydroxyl groups excluding tert-OH is 1. The third kappa shape index (κ3) is 3.67. The smallest absolute Gasteiger partial charge is 0.327 e. The van der Waals surface area contributed by atoms with Crippen LogP contribution in [0.25, 0.3) is 0 Å². The van der Waals surface area contributed by atoms with E-state index in [1.54, 1.807) is 0 Å². The van der Waals surface area contributed by atoms with E-state index in [4.69, 9.17) is 0 Å². The third-order valence-corrected chi connectivity index (χ3v) is 2.43. The Bertz CT molecular complexity index is 398. The average molecular weight is 242 g/mol. The average Bonchev–Trinajstić information content (AvgIpc) is 2.28. The van der Waals surface area contributed by atoms with Crippen molar-refractivity contribution in [1.29, 1.82) is 0 Å². The van der Waals surface area contributed by atoms with Gasteiger partial charge in [-0.05, 0) is 25.0 Å². The maximum Gasteiger partial charge on any atom is 0.327 e. The van der Waals surface area contributed by atoms with Crippen LogP contribution in [0.2, 0.25) is 0 Å². The molecule has 1 aromatic carbocycles. The second kappa shape index (κ2) is 6.15. The number of anilines is 1. The number of rotatable bonds is 6. The highest BCUT2D eigenvalue weighted by atomic mass is 19.1. The number of nitrogens with one attached hydrogen (secondary N) is 1. The molecule has 1 aromatic rings. The van der Waals surface area contributed by atoms with Gasteiger partial charge < -0.3 is 10.4 Å². The van der Waals surface area contributed by atoms with Crippen LogP contribution in [0.1, 0.15) is 19.8 Å². The van der Waals surface area contributed by atoms with Crippen LogP contribution in [0, 0.1) is 15.9 Å². The predicted octanol–water partition coefficient (Wildman–Crippen LogP) is 2.31. The number of nitro groups is 1. The lowest BCUT2D eigenvalue weighted by Crippen LogP contribution is -2.13. The highest BCUT2D eigenvalue weighted by molar-refractivity contribution is 5.61.